The monoisotopic (exact) mass is 1540 g/mol. The summed E-state index contributed by atoms with van der Waals surface area (Å²) in [5.41, 5.74) is 33.4. The van der Waals surface area contributed by atoms with E-state index in [9.17, 15) is 17.6 Å². The molecule has 0 bridgehead atoms. The second-order valence-corrected chi connectivity index (χ2v) is 29.5. The number of aryl methyl sites for hydroxylation is 2. The normalized spacial score (nSPS) is 19.4. The Balaban J connectivity index is 0.000000132. The highest BCUT2D eigenvalue weighted by atomic mass is 19.1. The average Bonchev–Trinajstić information content (AvgIpc) is 1.67. The first-order valence-electron chi connectivity index (χ1n) is 38.6. The number of rotatable bonds is 22. The van der Waals surface area contributed by atoms with Crippen molar-refractivity contribution in [1.82, 2.24) is 79.0 Å². The van der Waals surface area contributed by atoms with Crippen LogP contribution in [0.5, 0.6) is 28.7 Å². The average molecular weight is 1540 g/mol. The minimum atomic E-state index is -0.444. The van der Waals surface area contributed by atoms with E-state index in [1.807, 2.05) is 31.5 Å². The fourth-order valence-electron chi connectivity index (χ4n) is 14.4. The Labute approximate surface area is 654 Å². The summed E-state index contributed by atoms with van der Waals surface area (Å²) in [4.78, 5) is 33.9. The van der Waals surface area contributed by atoms with Crippen LogP contribution in [0.4, 0.5) is 17.6 Å². The summed E-state index contributed by atoms with van der Waals surface area (Å²) >= 11 is 0. The molecule has 113 heavy (non-hydrogen) atoms. The van der Waals surface area contributed by atoms with Gasteiger partial charge < -0.3 is 46.6 Å². The Morgan fingerprint density at radius 1 is 0.372 bits per heavy atom. The molecule has 0 aliphatic heterocycles. The molecule has 4 fully saturated rings. The van der Waals surface area contributed by atoms with Crippen molar-refractivity contribution < 1.29 is 41.2 Å². The molecule has 25 nitrogen and oxygen atoms in total. The minimum Gasteiger partial charge on any atom is -0.494 e. The van der Waals surface area contributed by atoms with Crippen molar-refractivity contribution in [2.45, 2.75) is 147 Å². The lowest BCUT2D eigenvalue weighted by Gasteiger charge is -2.26. The van der Waals surface area contributed by atoms with Gasteiger partial charge in [0.15, 0.2) is 34.6 Å². The molecular formula is C84H96F4N20O5. The number of halogens is 4. The topological polar surface area (TPSA) is 325 Å². The second kappa shape index (κ2) is 38.7. The number of nitrogens with zero attached hydrogens (tertiary/aromatic N) is 16. The predicted octanol–water partition coefficient (Wildman–Crippen LogP) is 14.5. The number of hydrogen-bond donors (Lipinski definition) is 4. The minimum absolute atomic E-state index is 0.191. The van der Waals surface area contributed by atoms with E-state index in [0.717, 1.165) is 137 Å². The molecule has 4 aliphatic carbocycles. The molecule has 8 aromatic heterocycles. The van der Waals surface area contributed by atoms with Gasteiger partial charge in [0.25, 0.3) is 0 Å². The molecule has 0 amide bonds. The van der Waals surface area contributed by atoms with Crippen molar-refractivity contribution in [3.05, 3.63) is 213 Å². The third-order valence-electron chi connectivity index (χ3n) is 21.1. The fourth-order valence-corrected chi connectivity index (χ4v) is 14.4. The van der Waals surface area contributed by atoms with Gasteiger partial charge in [0.2, 0.25) is 0 Å². The van der Waals surface area contributed by atoms with E-state index in [1.54, 1.807) is 119 Å². The number of nitrogens with two attached hydrogens (primary N) is 4. The van der Waals surface area contributed by atoms with E-state index in [-0.39, 0.29) is 23.2 Å². The highest BCUT2D eigenvalue weighted by Gasteiger charge is 2.26. The Morgan fingerprint density at radius 3 is 1.16 bits per heavy atom. The molecule has 12 aromatic rings. The summed E-state index contributed by atoms with van der Waals surface area (Å²) in [5, 5.41) is 17.3. The molecule has 29 heteroatoms. The Bertz CT molecular complexity index is 5010. The van der Waals surface area contributed by atoms with Gasteiger partial charge in [0, 0.05) is 77.3 Å². The maximum Gasteiger partial charge on any atom is 0.167 e. The zero-order chi connectivity index (χ0) is 78.6. The van der Waals surface area contributed by atoms with E-state index in [1.165, 1.54) is 67.4 Å². The molecular weight excluding hydrogens is 1450 g/mol. The molecule has 4 aliphatic rings. The van der Waals surface area contributed by atoms with Crippen LogP contribution in [0.1, 0.15) is 120 Å². The van der Waals surface area contributed by atoms with Crippen molar-refractivity contribution in [3.63, 3.8) is 0 Å². The van der Waals surface area contributed by atoms with Gasteiger partial charge in [-0.2, -0.15) is 20.4 Å². The summed E-state index contributed by atoms with van der Waals surface area (Å²) in [5.74, 6) is 3.53. The molecule has 8 N–H and O–H groups in total. The van der Waals surface area contributed by atoms with E-state index in [2.05, 4.69) is 60.3 Å². The maximum absolute atomic E-state index is 14.0. The van der Waals surface area contributed by atoms with E-state index < -0.39 is 5.82 Å². The van der Waals surface area contributed by atoms with Gasteiger partial charge in [-0.15, -0.1) is 0 Å². The summed E-state index contributed by atoms with van der Waals surface area (Å²) in [6, 6.07) is 22.4. The molecule has 0 atom stereocenters. The lowest BCUT2D eigenvalue weighted by Crippen LogP contribution is -2.28. The first kappa shape index (κ1) is 79.7. The third-order valence-corrected chi connectivity index (χ3v) is 21.1. The summed E-state index contributed by atoms with van der Waals surface area (Å²) < 4.78 is 91.1. The van der Waals surface area contributed by atoms with Gasteiger partial charge in [-0.3, -0.25) is 0 Å². The lowest BCUT2D eigenvalue weighted by atomic mass is 9.85. The lowest BCUT2D eigenvalue weighted by molar-refractivity contribution is 0.200. The molecule has 0 spiro atoms. The van der Waals surface area contributed by atoms with Crippen LogP contribution < -0.4 is 46.6 Å². The molecule has 0 radical (unpaired) electrons. The number of benzene rings is 4. The SMILES string of the molecule is COc1ccc(-n2cc(-c3ncncc3OCC3CCC(N)CC3)cn2)cc1F.Cc1cc(F)cc(-n2cc(-c3ncncc3OCC3CCC(N)CC3)cn2)c1.Cc1ccc(-n2cc(-c3ncncc3OCC3CCC(N)CC3)cn2)cc1F.NC1CCC(CCOc2cncnc2-c2cnn(-c3ccccc3F)c2)CC1. The molecule has 4 aromatic carbocycles. The molecule has 16 rings (SSSR count). The van der Waals surface area contributed by atoms with Crippen LogP contribution in [0.2, 0.25) is 0 Å². The number of aromatic nitrogens is 16. The van der Waals surface area contributed by atoms with Crippen molar-refractivity contribution in [3.8, 4) is 96.5 Å². The van der Waals surface area contributed by atoms with Gasteiger partial charge >= 0.3 is 0 Å². The van der Waals surface area contributed by atoms with E-state index in [0.29, 0.717) is 148 Å². The van der Waals surface area contributed by atoms with Gasteiger partial charge in [-0.1, -0.05) is 18.2 Å². The standard InChI is InChI=1S/C21H24FN5O2.3C21H24FN5O/c1-28-19-7-6-17(8-18(19)22)27-11-15(9-26-27)21-20(10-24-13-25-21)29-12-14-2-4-16(23)5-3-14;1-14-2-7-18(8-19(14)22)27-11-16(9-26-27)21-20(10-24-13-25-21)28-12-15-3-5-17(23)6-4-15;1-14-6-17(22)8-19(7-14)27-11-16(9-26-27)21-20(10-24-13-25-21)28-12-15-2-4-18(23)5-3-15;22-18-3-1-2-4-19(18)27-13-16(11-26-27)21-20(12-24-14-25-21)28-10-9-15-5-7-17(23)8-6-15/h6-11,13-14,16H,2-5,12,23H2,1H3;2,7-11,13,15,17H,3-6,12,23H2,1H3;6-11,13,15,18H,2-5,12,23H2,1H3;1-4,11-15,17H,5-10,23H2. The summed E-state index contributed by atoms with van der Waals surface area (Å²) in [7, 11) is 1.43. The van der Waals surface area contributed by atoms with Gasteiger partial charge in [0.1, 0.15) is 71.2 Å². The van der Waals surface area contributed by atoms with Crippen LogP contribution in [-0.2, 0) is 0 Å². The molecule has 4 saturated carbocycles. The maximum atomic E-state index is 14.0. The quantitative estimate of drug-likeness (QED) is 0.0458. The highest BCUT2D eigenvalue weighted by Crippen LogP contribution is 2.36. The number of ether oxygens (including phenoxy) is 5. The molecule has 590 valence electrons. The third kappa shape index (κ3) is 21.6. The Hall–Kier alpha value is -11.4. The van der Waals surface area contributed by atoms with Gasteiger partial charge in [-0.25, -0.2) is 76.2 Å². The number of methoxy groups -OCH3 is 1. The summed E-state index contributed by atoms with van der Waals surface area (Å²) in [6.07, 6.45) is 44.8. The Kier molecular flexibility index (Phi) is 27.3. The highest BCUT2D eigenvalue weighted by molar-refractivity contribution is 5.67. The zero-order valence-corrected chi connectivity index (χ0v) is 63.7. The van der Waals surface area contributed by atoms with Gasteiger partial charge in [-0.05, 0) is 212 Å². The predicted molar refractivity (Wildman–Crippen MR) is 421 cm³/mol. The van der Waals surface area contributed by atoms with Crippen LogP contribution in [0.25, 0.3) is 67.8 Å². The van der Waals surface area contributed by atoms with Crippen LogP contribution in [0, 0.1) is 60.8 Å². The van der Waals surface area contributed by atoms with Crippen molar-refractivity contribution in [2.24, 2.45) is 46.6 Å². The largest absolute Gasteiger partial charge is 0.494 e. The van der Waals surface area contributed by atoms with Crippen LogP contribution in [0.15, 0.2) is 179 Å². The zero-order valence-electron chi connectivity index (χ0n) is 63.7. The molecule has 0 unspecified atom stereocenters. The van der Waals surface area contributed by atoms with E-state index >= 15 is 0 Å². The van der Waals surface area contributed by atoms with Crippen molar-refractivity contribution in [2.75, 3.05) is 33.5 Å². The number of para-hydroxylation sites is 1. The van der Waals surface area contributed by atoms with Crippen LogP contribution in [0.3, 0.4) is 0 Å². The summed E-state index contributed by atoms with van der Waals surface area (Å²) in [6.45, 7) is 6.07. The molecule has 8 heterocycles. The van der Waals surface area contributed by atoms with Crippen LogP contribution in [-0.4, -0.2) is 137 Å². The van der Waals surface area contributed by atoms with Crippen molar-refractivity contribution >= 4 is 0 Å². The fraction of sp³-hybridized carbons (Fsp3) is 0.381. The van der Waals surface area contributed by atoms with Gasteiger partial charge in [0.05, 0.1) is 100 Å². The Morgan fingerprint density at radius 2 is 0.752 bits per heavy atom. The molecule has 0 saturated heterocycles. The van der Waals surface area contributed by atoms with E-state index in [4.69, 9.17) is 46.6 Å². The first-order chi connectivity index (χ1) is 55.0. The smallest absolute Gasteiger partial charge is 0.167 e. The van der Waals surface area contributed by atoms with Crippen molar-refractivity contribution in [1.29, 1.82) is 0 Å². The second-order valence-electron chi connectivity index (χ2n) is 29.5. The van der Waals surface area contributed by atoms with Crippen LogP contribution >= 0.6 is 0 Å². The first-order valence-corrected chi connectivity index (χ1v) is 38.6. The number of hydrogen-bond acceptors (Lipinski definition) is 21.